The van der Waals surface area contributed by atoms with Crippen LogP contribution in [-0.4, -0.2) is 54.9 Å². The van der Waals surface area contributed by atoms with Crippen LogP contribution in [0.4, 0.5) is 14.9 Å². The molecule has 1 aromatic carbocycles. The first-order chi connectivity index (χ1) is 10.6. The van der Waals surface area contributed by atoms with Gasteiger partial charge >= 0.3 is 11.9 Å². The van der Waals surface area contributed by atoms with Crippen molar-refractivity contribution in [2.24, 2.45) is 0 Å². The molecule has 1 atom stereocenters. The Morgan fingerprint density at radius 2 is 1.87 bits per heavy atom. The number of amides is 3. The molecular formula is C14H17FN3O4S+. The number of benzene rings is 1. The molecule has 1 aliphatic rings. The Bertz CT molecular complexity index is 832. The summed E-state index contributed by atoms with van der Waals surface area (Å²) in [5, 5.41) is -1.56. The van der Waals surface area contributed by atoms with E-state index < -0.39 is 33.0 Å². The number of aryl methyl sites for hydroxylation is 1. The van der Waals surface area contributed by atoms with Crippen LogP contribution in [0.5, 0.6) is 0 Å². The van der Waals surface area contributed by atoms with Crippen molar-refractivity contribution >= 4 is 33.4 Å². The Labute approximate surface area is 133 Å². The first kappa shape index (κ1) is 17.1. The second-order valence-corrected chi connectivity index (χ2v) is 7.14. The molecule has 0 saturated carbocycles. The molecule has 0 spiro atoms. The van der Waals surface area contributed by atoms with Crippen LogP contribution in [0.1, 0.15) is 12.5 Å². The highest BCUT2D eigenvalue weighted by molar-refractivity contribution is 7.94. The lowest BCUT2D eigenvalue weighted by molar-refractivity contribution is -0.405. The Balaban J connectivity index is 2.44. The Morgan fingerprint density at radius 3 is 2.43 bits per heavy atom. The summed E-state index contributed by atoms with van der Waals surface area (Å²) in [7, 11) is -1.60. The van der Waals surface area contributed by atoms with Gasteiger partial charge in [0, 0.05) is 0 Å². The summed E-state index contributed by atoms with van der Waals surface area (Å²) in [6.45, 7) is 2.94. The molecule has 2 rings (SSSR count). The fourth-order valence-electron chi connectivity index (χ4n) is 2.24. The molecule has 0 aliphatic carbocycles. The monoisotopic (exact) mass is 342 g/mol. The van der Waals surface area contributed by atoms with Gasteiger partial charge in [0.1, 0.15) is 11.5 Å². The number of imide groups is 1. The molecule has 9 heteroatoms. The summed E-state index contributed by atoms with van der Waals surface area (Å²) < 4.78 is 41.9. The van der Waals surface area contributed by atoms with Crippen molar-refractivity contribution in [3.8, 4) is 0 Å². The molecule has 7 nitrogen and oxygen atoms in total. The van der Waals surface area contributed by atoms with Gasteiger partial charge < -0.3 is 0 Å². The number of halogens is 1. The maximum atomic E-state index is 13.6. The third-order valence-corrected chi connectivity index (χ3v) is 5.46. The van der Waals surface area contributed by atoms with Crippen LogP contribution < -0.4 is 4.72 Å². The number of urea groups is 1. The highest BCUT2D eigenvalue weighted by Gasteiger charge is 2.50. The van der Waals surface area contributed by atoms with Gasteiger partial charge in [0.25, 0.3) is 10.0 Å². The second kappa shape index (κ2) is 5.73. The third-order valence-electron chi connectivity index (χ3n) is 3.78. The SMILES string of the molecule is CC1=[N+](C)C(=O)N(C)C(=O)C1S(=O)(=O)Nc1ccc(C)c(F)c1. The van der Waals surface area contributed by atoms with E-state index in [1.54, 1.807) is 6.92 Å². The number of sulfonamides is 1. The van der Waals surface area contributed by atoms with E-state index in [2.05, 4.69) is 4.72 Å². The Morgan fingerprint density at radius 1 is 1.26 bits per heavy atom. The number of hydrogen-bond acceptors (Lipinski definition) is 4. The minimum Gasteiger partial charge on any atom is -0.282 e. The van der Waals surface area contributed by atoms with Crippen LogP contribution in [0.25, 0.3) is 0 Å². The summed E-state index contributed by atoms with van der Waals surface area (Å²) in [5.41, 5.74) is 0.462. The molecule has 0 saturated heterocycles. The van der Waals surface area contributed by atoms with Gasteiger partial charge in [0.15, 0.2) is 0 Å². The topological polar surface area (TPSA) is 86.6 Å². The summed E-state index contributed by atoms with van der Waals surface area (Å²) in [5.74, 6) is -1.42. The number of nitrogens with one attached hydrogen (secondary N) is 1. The fraction of sp³-hybridized carbons (Fsp3) is 0.357. The van der Waals surface area contributed by atoms with Crippen molar-refractivity contribution in [3.05, 3.63) is 29.6 Å². The lowest BCUT2D eigenvalue weighted by Gasteiger charge is -2.23. The molecule has 124 valence electrons. The third kappa shape index (κ3) is 2.96. The van der Waals surface area contributed by atoms with Gasteiger partial charge in [-0.15, -0.1) is 0 Å². The van der Waals surface area contributed by atoms with Crippen molar-refractivity contribution in [2.75, 3.05) is 18.8 Å². The number of nitrogens with zero attached hydrogens (tertiary/aromatic N) is 2. The van der Waals surface area contributed by atoms with Crippen molar-refractivity contribution in [1.82, 2.24) is 4.90 Å². The molecule has 1 heterocycles. The zero-order valence-electron chi connectivity index (χ0n) is 13.1. The lowest BCUT2D eigenvalue weighted by Crippen LogP contribution is -2.57. The maximum Gasteiger partial charge on any atom is 0.500 e. The van der Waals surface area contributed by atoms with Gasteiger partial charge in [0.2, 0.25) is 5.25 Å². The number of carbonyl (C=O) groups is 2. The maximum absolute atomic E-state index is 13.6. The quantitative estimate of drug-likeness (QED) is 0.828. The minimum absolute atomic E-state index is 0.0101. The van der Waals surface area contributed by atoms with E-state index in [1.807, 2.05) is 0 Å². The number of hydrogen-bond donors (Lipinski definition) is 1. The average molecular weight is 342 g/mol. The molecule has 3 amide bonds. The van der Waals surface area contributed by atoms with Crippen LogP contribution in [0, 0.1) is 12.7 Å². The van der Waals surface area contributed by atoms with Crippen molar-refractivity contribution in [3.63, 3.8) is 0 Å². The van der Waals surface area contributed by atoms with Crippen LogP contribution in [0.15, 0.2) is 18.2 Å². The predicted molar refractivity (Wildman–Crippen MR) is 82.5 cm³/mol. The van der Waals surface area contributed by atoms with Crippen molar-refractivity contribution in [1.29, 1.82) is 0 Å². The number of carbonyl (C=O) groups excluding carboxylic acids is 2. The Hall–Kier alpha value is -2.29. The zero-order valence-corrected chi connectivity index (χ0v) is 13.9. The van der Waals surface area contributed by atoms with E-state index in [0.29, 0.717) is 5.56 Å². The Kier molecular flexibility index (Phi) is 4.25. The average Bonchev–Trinajstić information content (AvgIpc) is 2.46. The van der Waals surface area contributed by atoms with Crippen LogP contribution >= 0.6 is 0 Å². The van der Waals surface area contributed by atoms with Gasteiger partial charge in [-0.2, -0.15) is 14.3 Å². The van der Waals surface area contributed by atoms with E-state index in [4.69, 9.17) is 0 Å². The molecule has 23 heavy (non-hydrogen) atoms. The van der Waals surface area contributed by atoms with E-state index in [-0.39, 0.29) is 11.4 Å². The fourth-order valence-corrected chi connectivity index (χ4v) is 3.84. The van der Waals surface area contributed by atoms with Gasteiger partial charge in [-0.3, -0.25) is 4.72 Å². The molecule has 0 aromatic heterocycles. The minimum atomic E-state index is -4.19. The number of rotatable bonds is 3. The molecule has 0 bridgehead atoms. The molecule has 0 radical (unpaired) electrons. The molecule has 1 unspecified atom stereocenters. The van der Waals surface area contributed by atoms with E-state index >= 15 is 0 Å². The highest BCUT2D eigenvalue weighted by atomic mass is 32.2. The smallest absolute Gasteiger partial charge is 0.282 e. The highest BCUT2D eigenvalue weighted by Crippen LogP contribution is 2.19. The lowest BCUT2D eigenvalue weighted by atomic mass is 10.2. The zero-order chi connectivity index (χ0) is 17.5. The summed E-state index contributed by atoms with van der Waals surface area (Å²) >= 11 is 0. The summed E-state index contributed by atoms with van der Waals surface area (Å²) in [6, 6.07) is 3.25. The normalized spacial score (nSPS) is 19.3. The first-order valence-electron chi connectivity index (χ1n) is 6.72. The summed E-state index contributed by atoms with van der Waals surface area (Å²) in [6.07, 6.45) is 0. The van der Waals surface area contributed by atoms with Crippen LogP contribution in [0.3, 0.4) is 0 Å². The van der Waals surface area contributed by atoms with Crippen molar-refractivity contribution in [2.45, 2.75) is 19.1 Å². The standard InChI is InChI=1S/C14H17FN3O4S/c1-8-5-6-10(7-11(8)15)16-23(21,22)12-9(2)17(3)14(20)18(4)13(12)19/h5-7,12,16H,1-4H3/q+1. The van der Waals surface area contributed by atoms with Gasteiger partial charge in [-0.25, -0.2) is 17.6 Å². The van der Waals surface area contributed by atoms with E-state index in [0.717, 1.165) is 15.5 Å². The van der Waals surface area contributed by atoms with Gasteiger partial charge in [-0.05, 0) is 31.5 Å². The van der Waals surface area contributed by atoms with Crippen molar-refractivity contribution < 1.29 is 27.0 Å². The molecular weight excluding hydrogens is 325 g/mol. The van der Waals surface area contributed by atoms with Crippen LogP contribution in [-0.2, 0) is 14.8 Å². The second-order valence-electron chi connectivity index (χ2n) is 5.37. The molecule has 1 aromatic rings. The van der Waals surface area contributed by atoms with Gasteiger partial charge in [-0.1, -0.05) is 6.07 Å². The van der Waals surface area contributed by atoms with Gasteiger partial charge in [0.05, 0.1) is 19.8 Å². The molecule has 1 N–H and O–H groups in total. The van der Waals surface area contributed by atoms with Crippen LogP contribution in [0.2, 0.25) is 0 Å². The van der Waals surface area contributed by atoms with E-state index in [9.17, 15) is 22.4 Å². The predicted octanol–water partition coefficient (Wildman–Crippen LogP) is 0.940. The first-order valence-corrected chi connectivity index (χ1v) is 8.27. The number of anilines is 1. The largest absolute Gasteiger partial charge is 0.500 e. The molecule has 1 aliphatic heterocycles. The summed E-state index contributed by atoms with van der Waals surface area (Å²) in [4.78, 5) is 24.8. The van der Waals surface area contributed by atoms with E-state index in [1.165, 1.54) is 33.2 Å². The molecule has 0 fully saturated rings.